The Labute approximate surface area is 122 Å². The molecule has 0 spiro atoms. The summed E-state index contributed by atoms with van der Waals surface area (Å²) in [5.74, 6) is -0.0880. The molecule has 2 aromatic heterocycles. The van der Waals surface area contributed by atoms with Gasteiger partial charge in [0.2, 0.25) is 0 Å². The third kappa shape index (κ3) is 2.86. The van der Waals surface area contributed by atoms with Crippen molar-refractivity contribution in [3.8, 4) is 0 Å². The SMILES string of the molecule is Nc1ccc2c(C(=O)NCCc3cccnc3)c[nH]c2c1. The van der Waals surface area contributed by atoms with Gasteiger partial charge in [0.15, 0.2) is 0 Å². The highest BCUT2D eigenvalue weighted by Crippen LogP contribution is 2.20. The smallest absolute Gasteiger partial charge is 0.253 e. The largest absolute Gasteiger partial charge is 0.399 e. The second-order valence-corrected chi connectivity index (χ2v) is 4.87. The molecule has 5 nitrogen and oxygen atoms in total. The van der Waals surface area contributed by atoms with Gasteiger partial charge in [0.1, 0.15) is 0 Å². The molecular weight excluding hydrogens is 264 g/mol. The lowest BCUT2D eigenvalue weighted by Crippen LogP contribution is -2.25. The molecule has 5 heteroatoms. The maximum atomic E-state index is 12.2. The molecule has 1 amide bonds. The van der Waals surface area contributed by atoms with Crippen molar-refractivity contribution in [2.75, 3.05) is 12.3 Å². The van der Waals surface area contributed by atoms with Crippen LogP contribution < -0.4 is 11.1 Å². The number of hydrogen-bond acceptors (Lipinski definition) is 3. The number of aromatic amines is 1. The number of nitrogens with zero attached hydrogens (tertiary/aromatic N) is 1. The number of carbonyl (C=O) groups excluding carboxylic acids is 1. The van der Waals surface area contributed by atoms with E-state index in [0.717, 1.165) is 22.9 Å². The number of aromatic nitrogens is 2. The van der Waals surface area contributed by atoms with E-state index in [1.54, 1.807) is 24.7 Å². The molecule has 0 aliphatic carbocycles. The minimum atomic E-state index is -0.0880. The molecule has 0 saturated carbocycles. The van der Waals surface area contributed by atoms with Gasteiger partial charge in [-0.3, -0.25) is 9.78 Å². The van der Waals surface area contributed by atoms with E-state index in [1.165, 1.54) is 0 Å². The lowest BCUT2D eigenvalue weighted by Gasteiger charge is -2.04. The Bertz CT molecular complexity index is 764. The number of hydrogen-bond donors (Lipinski definition) is 3. The number of benzene rings is 1. The number of nitrogens with one attached hydrogen (secondary N) is 2. The molecule has 3 aromatic rings. The molecule has 0 unspecified atom stereocenters. The van der Waals surface area contributed by atoms with Crippen molar-refractivity contribution in [1.29, 1.82) is 0 Å². The van der Waals surface area contributed by atoms with Crippen molar-refractivity contribution >= 4 is 22.5 Å². The number of rotatable bonds is 4. The zero-order chi connectivity index (χ0) is 14.7. The van der Waals surface area contributed by atoms with Gasteiger partial charge in [-0.25, -0.2) is 0 Å². The van der Waals surface area contributed by atoms with Crippen LogP contribution in [0.2, 0.25) is 0 Å². The van der Waals surface area contributed by atoms with Gasteiger partial charge in [-0.15, -0.1) is 0 Å². The van der Waals surface area contributed by atoms with E-state index < -0.39 is 0 Å². The van der Waals surface area contributed by atoms with Crippen LogP contribution in [-0.4, -0.2) is 22.4 Å². The number of anilines is 1. The third-order valence-electron chi connectivity index (χ3n) is 3.37. The normalized spacial score (nSPS) is 10.7. The Balaban J connectivity index is 1.67. The molecule has 0 atom stereocenters. The van der Waals surface area contributed by atoms with Crippen molar-refractivity contribution in [3.05, 3.63) is 60.0 Å². The third-order valence-corrected chi connectivity index (χ3v) is 3.37. The monoisotopic (exact) mass is 280 g/mol. The fourth-order valence-electron chi connectivity index (χ4n) is 2.29. The van der Waals surface area contributed by atoms with Crippen LogP contribution in [0.5, 0.6) is 0 Å². The van der Waals surface area contributed by atoms with Crippen LogP contribution in [0, 0.1) is 0 Å². The summed E-state index contributed by atoms with van der Waals surface area (Å²) in [6.45, 7) is 0.576. The van der Waals surface area contributed by atoms with E-state index in [0.29, 0.717) is 17.8 Å². The summed E-state index contributed by atoms with van der Waals surface area (Å²) in [4.78, 5) is 19.3. The fourth-order valence-corrected chi connectivity index (χ4v) is 2.29. The van der Waals surface area contributed by atoms with E-state index in [2.05, 4.69) is 15.3 Å². The van der Waals surface area contributed by atoms with Gasteiger partial charge >= 0.3 is 0 Å². The van der Waals surface area contributed by atoms with E-state index in [1.807, 2.05) is 24.3 Å². The second-order valence-electron chi connectivity index (χ2n) is 4.87. The summed E-state index contributed by atoms with van der Waals surface area (Å²) < 4.78 is 0. The van der Waals surface area contributed by atoms with E-state index in [4.69, 9.17) is 5.73 Å². The molecule has 1 aromatic carbocycles. The van der Waals surface area contributed by atoms with Gasteiger partial charge < -0.3 is 16.0 Å². The second kappa shape index (κ2) is 5.66. The van der Waals surface area contributed by atoms with Crippen molar-refractivity contribution < 1.29 is 4.79 Å². The Morgan fingerprint density at radius 3 is 3.05 bits per heavy atom. The predicted molar refractivity (Wildman–Crippen MR) is 83.0 cm³/mol. The van der Waals surface area contributed by atoms with Gasteiger partial charge in [0.25, 0.3) is 5.91 Å². The Hall–Kier alpha value is -2.82. The first-order chi connectivity index (χ1) is 10.2. The van der Waals surface area contributed by atoms with E-state index in [9.17, 15) is 4.79 Å². The van der Waals surface area contributed by atoms with Gasteiger partial charge in [-0.2, -0.15) is 0 Å². The quantitative estimate of drug-likeness (QED) is 0.640. The summed E-state index contributed by atoms with van der Waals surface area (Å²) in [6, 6.07) is 9.36. The lowest BCUT2D eigenvalue weighted by atomic mass is 10.1. The molecule has 3 rings (SSSR count). The van der Waals surface area contributed by atoms with Crippen LogP contribution in [0.3, 0.4) is 0 Å². The van der Waals surface area contributed by atoms with Crippen LogP contribution in [0.1, 0.15) is 15.9 Å². The van der Waals surface area contributed by atoms with E-state index in [-0.39, 0.29) is 5.91 Å². The number of fused-ring (bicyclic) bond motifs is 1. The number of H-pyrrole nitrogens is 1. The first kappa shape index (κ1) is 13.2. The summed E-state index contributed by atoms with van der Waals surface area (Å²) in [6.07, 6.45) is 6.01. The highest BCUT2D eigenvalue weighted by molar-refractivity contribution is 6.07. The number of nitrogen functional groups attached to an aromatic ring is 1. The average Bonchev–Trinajstić information content (AvgIpc) is 2.91. The summed E-state index contributed by atoms with van der Waals surface area (Å²) in [7, 11) is 0. The van der Waals surface area contributed by atoms with Crippen molar-refractivity contribution in [2.24, 2.45) is 0 Å². The standard InChI is InChI=1S/C16H16N4O/c17-12-3-4-13-14(10-20-15(13)8-12)16(21)19-7-5-11-2-1-6-18-9-11/h1-4,6,8-10,20H,5,7,17H2,(H,19,21). The molecule has 4 N–H and O–H groups in total. The minimum Gasteiger partial charge on any atom is -0.399 e. The molecule has 0 aliphatic heterocycles. The van der Waals surface area contributed by atoms with Crippen LogP contribution in [0.15, 0.2) is 48.9 Å². The molecular formula is C16H16N4O. The number of pyridine rings is 1. The maximum Gasteiger partial charge on any atom is 0.253 e. The van der Waals surface area contributed by atoms with Crippen molar-refractivity contribution in [1.82, 2.24) is 15.3 Å². The number of nitrogens with two attached hydrogens (primary N) is 1. The summed E-state index contributed by atoms with van der Waals surface area (Å²) >= 11 is 0. The highest BCUT2D eigenvalue weighted by atomic mass is 16.1. The number of carbonyl (C=O) groups is 1. The Kier molecular flexibility index (Phi) is 3.55. The molecule has 0 fully saturated rings. The minimum absolute atomic E-state index is 0.0880. The van der Waals surface area contributed by atoms with Crippen LogP contribution in [0.25, 0.3) is 10.9 Å². The Morgan fingerprint density at radius 1 is 1.33 bits per heavy atom. The topological polar surface area (TPSA) is 83.8 Å². The maximum absolute atomic E-state index is 12.2. The van der Waals surface area contributed by atoms with Crippen molar-refractivity contribution in [3.63, 3.8) is 0 Å². The Morgan fingerprint density at radius 2 is 2.24 bits per heavy atom. The molecule has 21 heavy (non-hydrogen) atoms. The first-order valence-electron chi connectivity index (χ1n) is 6.78. The van der Waals surface area contributed by atoms with Gasteiger partial charge in [0, 0.05) is 41.7 Å². The van der Waals surface area contributed by atoms with Gasteiger partial charge in [0.05, 0.1) is 5.56 Å². The summed E-state index contributed by atoms with van der Waals surface area (Å²) in [5, 5.41) is 3.80. The highest BCUT2D eigenvalue weighted by Gasteiger charge is 2.11. The molecule has 0 bridgehead atoms. The molecule has 0 saturated heterocycles. The first-order valence-corrected chi connectivity index (χ1v) is 6.78. The van der Waals surface area contributed by atoms with Crippen LogP contribution in [-0.2, 0) is 6.42 Å². The average molecular weight is 280 g/mol. The zero-order valence-electron chi connectivity index (χ0n) is 11.5. The van der Waals surface area contributed by atoms with Gasteiger partial charge in [-0.05, 0) is 36.2 Å². The molecule has 0 aliphatic rings. The van der Waals surface area contributed by atoms with Gasteiger partial charge in [-0.1, -0.05) is 6.07 Å². The van der Waals surface area contributed by atoms with Crippen LogP contribution in [0.4, 0.5) is 5.69 Å². The molecule has 0 radical (unpaired) electrons. The van der Waals surface area contributed by atoms with E-state index >= 15 is 0 Å². The molecule has 106 valence electrons. The predicted octanol–water partition coefficient (Wildman–Crippen LogP) is 2.12. The fraction of sp³-hybridized carbons (Fsp3) is 0.125. The summed E-state index contributed by atoms with van der Waals surface area (Å²) in [5.41, 5.74) is 9.01. The number of amides is 1. The molecule has 2 heterocycles. The lowest BCUT2D eigenvalue weighted by molar-refractivity contribution is 0.0956. The zero-order valence-corrected chi connectivity index (χ0v) is 11.5. The van der Waals surface area contributed by atoms with Crippen molar-refractivity contribution in [2.45, 2.75) is 6.42 Å². The van der Waals surface area contributed by atoms with Crippen LogP contribution >= 0.6 is 0 Å².